The number of methoxy groups -OCH3 is 2. The second-order valence-electron chi connectivity index (χ2n) is 7.07. The molecule has 3 aromatic carbocycles. The van der Waals surface area contributed by atoms with Gasteiger partial charge in [0.2, 0.25) is 5.91 Å². The van der Waals surface area contributed by atoms with Gasteiger partial charge in [-0.1, -0.05) is 12.1 Å². The van der Waals surface area contributed by atoms with E-state index < -0.39 is 5.97 Å². The molecule has 0 radical (unpaired) electrons. The number of hydrogen-bond acceptors (Lipinski definition) is 6. The van der Waals surface area contributed by atoms with E-state index in [1.54, 1.807) is 74.9 Å². The fraction of sp³-hybridized carbons (Fsp3) is 0.160. The molecule has 0 saturated carbocycles. The zero-order chi connectivity index (χ0) is 23.8. The molecule has 0 aliphatic heterocycles. The minimum atomic E-state index is -0.462. The number of rotatable bonds is 8. The van der Waals surface area contributed by atoms with Crippen LogP contribution in [-0.4, -0.2) is 32.0 Å². The van der Waals surface area contributed by atoms with E-state index in [1.807, 2.05) is 0 Å². The summed E-state index contributed by atoms with van der Waals surface area (Å²) in [5, 5.41) is 5.59. The molecule has 0 heterocycles. The molecule has 0 saturated heterocycles. The van der Waals surface area contributed by atoms with Crippen molar-refractivity contribution in [1.29, 1.82) is 0 Å². The van der Waals surface area contributed by atoms with E-state index in [9.17, 15) is 14.4 Å². The van der Waals surface area contributed by atoms with Gasteiger partial charge in [-0.25, -0.2) is 0 Å². The van der Waals surface area contributed by atoms with Gasteiger partial charge >= 0.3 is 5.97 Å². The van der Waals surface area contributed by atoms with E-state index in [4.69, 9.17) is 14.2 Å². The molecule has 0 spiro atoms. The maximum absolute atomic E-state index is 12.5. The summed E-state index contributed by atoms with van der Waals surface area (Å²) in [6.45, 7) is 1.29. The molecule has 170 valence electrons. The molecule has 0 unspecified atom stereocenters. The fourth-order valence-electron chi connectivity index (χ4n) is 3.09. The van der Waals surface area contributed by atoms with Gasteiger partial charge in [0, 0.05) is 23.9 Å². The Morgan fingerprint density at radius 3 is 2.09 bits per heavy atom. The first-order chi connectivity index (χ1) is 15.9. The van der Waals surface area contributed by atoms with Crippen LogP contribution in [0.3, 0.4) is 0 Å². The van der Waals surface area contributed by atoms with E-state index in [2.05, 4.69) is 10.6 Å². The first kappa shape index (κ1) is 23.3. The molecule has 0 atom stereocenters. The second kappa shape index (κ2) is 10.8. The molecule has 2 amide bonds. The highest BCUT2D eigenvalue weighted by atomic mass is 16.5. The summed E-state index contributed by atoms with van der Waals surface area (Å²) in [7, 11) is 3.09. The van der Waals surface area contributed by atoms with Gasteiger partial charge in [-0.2, -0.15) is 0 Å². The highest BCUT2D eigenvalue weighted by Crippen LogP contribution is 2.28. The number of amides is 2. The summed E-state index contributed by atoms with van der Waals surface area (Å²) in [6, 6.07) is 18.4. The Labute approximate surface area is 191 Å². The third-order valence-corrected chi connectivity index (χ3v) is 4.60. The molecule has 0 aliphatic rings. The fourth-order valence-corrected chi connectivity index (χ4v) is 3.09. The molecule has 33 heavy (non-hydrogen) atoms. The van der Waals surface area contributed by atoms with Crippen molar-refractivity contribution in [3.63, 3.8) is 0 Å². The minimum Gasteiger partial charge on any atom is -0.493 e. The van der Waals surface area contributed by atoms with Crippen LogP contribution in [0.25, 0.3) is 0 Å². The molecular weight excluding hydrogens is 424 g/mol. The van der Waals surface area contributed by atoms with Gasteiger partial charge in [0.05, 0.1) is 20.6 Å². The summed E-state index contributed by atoms with van der Waals surface area (Å²) in [5.41, 5.74) is 2.28. The lowest BCUT2D eigenvalue weighted by molar-refractivity contribution is -0.131. The highest BCUT2D eigenvalue weighted by Gasteiger charge is 2.11. The second-order valence-corrected chi connectivity index (χ2v) is 7.07. The largest absolute Gasteiger partial charge is 0.493 e. The van der Waals surface area contributed by atoms with Crippen LogP contribution < -0.4 is 24.8 Å². The van der Waals surface area contributed by atoms with Crippen molar-refractivity contribution in [2.45, 2.75) is 13.3 Å². The quantitative estimate of drug-likeness (QED) is 0.398. The molecule has 0 aliphatic carbocycles. The molecule has 0 bridgehead atoms. The Balaban J connectivity index is 1.58. The summed E-state index contributed by atoms with van der Waals surface area (Å²) in [4.78, 5) is 36.0. The lowest BCUT2D eigenvalue weighted by Gasteiger charge is -2.11. The standard InChI is InChI=1S/C25H24N2O6/c1-16(28)33-21-6-4-5-18(15-21)25(30)27-20-10-8-19(9-11-20)26-24(29)14-17-7-12-22(31-2)23(13-17)32-3/h4-13,15H,14H2,1-3H3,(H,26,29)(H,27,30). The molecular formula is C25H24N2O6. The van der Waals surface area contributed by atoms with Gasteiger partial charge in [-0.05, 0) is 60.2 Å². The van der Waals surface area contributed by atoms with Crippen LogP contribution in [0, 0.1) is 0 Å². The predicted octanol–water partition coefficient (Wildman–Crippen LogP) is 4.06. The lowest BCUT2D eigenvalue weighted by Crippen LogP contribution is -2.15. The number of carbonyl (C=O) groups excluding carboxylic acids is 3. The average molecular weight is 448 g/mol. The van der Waals surface area contributed by atoms with Crippen LogP contribution in [0.15, 0.2) is 66.7 Å². The van der Waals surface area contributed by atoms with Gasteiger partial charge in [0.25, 0.3) is 5.91 Å². The normalized spacial score (nSPS) is 10.2. The summed E-state index contributed by atoms with van der Waals surface area (Å²) < 4.78 is 15.5. The SMILES string of the molecule is COc1ccc(CC(=O)Nc2ccc(NC(=O)c3cccc(OC(C)=O)c3)cc2)cc1OC. The van der Waals surface area contributed by atoms with E-state index in [0.717, 1.165) is 5.56 Å². The van der Waals surface area contributed by atoms with Gasteiger partial charge in [0.1, 0.15) is 5.75 Å². The Kier molecular flexibility index (Phi) is 7.64. The number of carbonyl (C=O) groups is 3. The van der Waals surface area contributed by atoms with Crippen molar-refractivity contribution >= 4 is 29.2 Å². The molecule has 0 fully saturated rings. The van der Waals surface area contributed by atoms with Crippen molar-refractivity contribution in [2.24, 2.45) is 0 Å². The molecule has 3 rings (SSSR count). The summed E-state index contributed by atoms with van der Waals surface area (Å²) in [5.74, 6) is 0.438. The van der Waals surface area contributed by atoms with Crippen LogP contribution in [0.5, 0.6) is 17.2 Å². The van der Waals surface area contributed by atoms with Crippen molar-refractivity contribution in [1.82, 2.24) is 0 Å². The summed E-state index contributed by atoms with van der Waals surface area (Å²) in [6.07, 6.45) is 0.164. The van der Waals surface area contributed by atoms with E-state index in [1.165, 1.54) is 13.0 Å². The Hall–Kier alpha value is -4.33. The first-order valence-electron chi connectivity index (χ1n) is 10.1. The third kappa shape index (κ3) is 6.57. The van der Waals surface area contributed by atoms with Crippen LogP contribution >= 0.6 is 0 Å². The van der Waals surface area contributed by atoms with Crippen LogP contribution in [0.4, 0.5) is 11.4 Å². The zero-order valence-electron chi connectivity index (χ0n) is 18.5. The van der Waals surface area contributed by atoms with E-state index in [-0.39, 0.29) is 18.2 Å². The number of anilines is 2. The van der Waals surface area contributed by atoms with Crippen molar-refractivity contribution in [3.05, 3.63) is 77.9 Å². The molecule has 3 aromatic rings. The van der Waals surface area contributed by atoms with Crippen molar-refractivity contribution < 1.29 is 28.6 Å². The van der Waals surface area contributed by atoms with Crippen molar-refractivity contribution in [3.8, 4) is 17.2 Å². The maximum atomic E-state index is 12.5. The topological polar surface area (TPSA) is 103 Å². The van der Waals surface area contributed by atoms with Crippen molar-refractivity contribution in [2.75, 3.05) is 24.9 Å². The van der Waals surface area contributed by atoms with E-state index >= 15 is 0 Å². The Morgan fingerprint density at radius 1 is 0.788 bits per heavy atom. The Bertz CT molecular complexity index is 1160. The number of benzene rings is 3. The highest BCUT2D eigenvalue weighted by molar-refractivity contribution is 6.04. The molecule has 0 aromatic heterocycles. The van der Waals surface area contributed by atoms with E-state index in [0.29, 0.717) is 34.2 Å². The van der Waals surface area contributed by atoms with Gasteiger partial charge in [-0.15, -0.1) is 0 Å². The van der Waals surface area contributed by atoms with Crippen LogP contribution in [0.1, 0.15) is 22.8 Å². The molecule has 2 N–H and O–H groups in total. The monoisotopic (exact) mass is 448 g/mol. The Morgan fingerprint density at radius 2 is 1.45 bits per heavy atom. The summed E-state index contributed by atoms with van der Waals surface area (Å²) >= 11 is 0. The van der Waals surface area contributed by atoms with Crippen LogP contribution in [-0.2, 0) is 16.0 Å². The molecule has 8 heteroatoms. The van der Waals surface area contributed by atoms with Gasteiger partial charge < -0.3 is 24.8 Å². The number of nitrogens with one attached hydrogen (secondary N) is 2. The smallest absolute Gasteiger partial charge is 0.308 e. The molecule has 8 nitrogen and oxygen atoms in total. The number of esters is 1. The zero-order valence-corrected chi connectivity index (χ0v) is 18.5. The van der Waals surface area contributed by atoms with Gasteiger partial charge in [0.15, 0.2) is 11.5 Å². The maximum Gasteiger partial charge on any atom is 0.308 e. The number of hydrogen-bond donors (Lipinski definition) is 2. The number of ether oxygens (including phenoxy) is 3. The van der Waals surface area contributed by atoms with Gasteiger partial charge in [-0.3, -0.25) is 14.4 Å². The third-order valence-electron chi connectivity index (χ3n) is 4.60. The predicted molar refractivity (Wildman–Crippen MR) is 124 cm³/mol. The minimum absolute atomic E-state index is 0.164. The first-order valence-corrected chi connectivity index (χ1v) is 10.1. The van der Waals surface area contributed by atoms with Crippen LogP contribution in [0.2, 0.25) is 0 Å². The average Bonchev–Trinajstić information content (AvgIpc) is 2.80. The lowest BCUT2D eigenvalue weighted by atomic mass is 10.1.